The van der Waals surface area contributed by atoms with Crippen molar-refractivity contribution in [3.63, 3.8) is 0 Å². The van der Waals surface area contributed by atoms with E-state index in [0.29, 0.717) is 5.75 Å². The summed E-state index contributed by atoms with van der Waals surface area (Å²) in [5.41, 5.74) is 0. The predicted octanol–water partition coefficient (Wildman–Crippen LogP) is 1.91. The monoisotopic (exact) mass is 226 g/mol. The van der Waals surface area contributed by atoms with Crippen LogP contribution in [-0.2, 0) is 15.6 Å². The highest BCUT2D eigenvalue weighted by Gasteiger charge is 2.12. The summed E-state index contributed by atoms with van der Waals surface area (Å²) >= 11 is 0. The van der Waals surface area contributed by atoms with Gasteiger partial charge in [0.15, 0.2) is 0 Å². The van der Waals surface area contributed by atoms with Gasteiger partial charge in [-0.3, -0.25) is 9.00 Å². The van der Waals surface area contributed by atoms with Crippen molar-refractivity contribution in [2.45, 2.75) is 18.2 Å². The van der Waals surface area contributed by atoms with Crippen molar-refractivity contribution in [1.29, 1.82) is 0 Å². The lowest BCUT2D eigenvalue weighted by Crippen LogP contribution is -2.12. The third-order valence-electron chi connectivity index (χ3n) is 1.97. The van der Waals surface area contributed by atoms with Gasteiger partial charge in [-0.2, -0.15) is 0 Å². The van der Waals surface area contributed by atoms with E-state index >= 15 is 0 Å². The number of hydrogen-bond acceptors (Lipinski definition) is 2. The van der Waals surface area contributed by atoms with Crippen LogP contribution in [-0.4, -0.2) is 21.0 Å². The summed E-state index contributed by atoms with van der Waals surface area (Å²) in [5.74, 6) is -0.507. The molecule has 0 saturated carbocycles. The summed E-state index contributed by atoms with van der Waals surface area (Å²) in [5, 5.41) is 8.57. The molecule has 0 aliphatic heterocycles. The van der Waals surface area contributed by atoms with Crippen LogP contribution in [0.5, 0.6) is 0 Å². The van der Waals surface area contributed by atoms with Crippen LogP contribution in [0.25, 0.3) is 0 Å². The van der Waals surface area contributed by atoms with Gasteiger partial charge in [-0.25, -0.2) is 0 Å². The fourth-order valence-corrected chi connectivity index (χ4v) is 2.57. The molecule has 1 N–H and O–H groups in total. The van der Waals surface area contributed by atoms with Gasteiger partial charge in [-0.1, -0.05) is 25.1 Å². The lowest BCUT2D eigenvalue weighted by Gasteiger charge is -2.07. The predicted molar refractivity (Wildman–Crippen MR) is 59.1 cm³/mol. The number of carbonyl (C=O) groups is 1. The van der Waals surface area contributed by atoms with Crippen LogP contribution in [0.4, 0.5) is 0 Å². The second-order valence-electron chi connectivity index (χ2n) is 3.53. The summed E-state index contributed by atoms with van der Waals surface area (Å²) in [7, 11) is -1.09. The van der Waals surface area contributed by atoms with Crippen LogP contribution >= 0.6 is 0 Å². The number of hydrogen-bond donors (Lipinski definition) is 1. The van der Waals surface area contributed by atoms with Crippen molar-refractivity contribution < 1.29 is 14.1 Å². The van der Waals surface area contributed by atoms with Crippen LogP contribution < -0.4 is 0 Å². The number of benzene rings is 1. The zero-order chi connectivity index (χ0) is 11.3. The average molecular weight is 226 g/mol. The lowest BCUT2D eigenvalue weighted by molar-refractivity contribution is -0.137. The van der Waals surface area contributed by atoms with E-state index < -0.39 is 16.8 Å². The topological polar surface area (TPSA) is 54.4 Å². The minimum atomic E-state index is -1.09. The molecule has 1 aromatic rings. The van der Waals surface area contributed by atoms with E-state index in [9.17, 15) is 9.00 Å². The zero-order valence-corrected chi connectivity index (χ0v) is 9.37. The van der Waals surface area contributed by atoms with Gasteiger partial charge in [0.1, 0.15) is 0 Å². The number of carboxylic acids is 1. The summed E-state index contributed by atoms with van der Waals surface area (Å²) in [6, 6.07) is 9.11. The molecule has 2 atom stereocenters. The van der Waals surface area contributed by atoms with E-state index in [4.69, 9.17) is 5.11 Å². The Bertz CT molecular complexity index is 348. The zero-order valence-electron chi connectivity index (χ0n) is 8.55. The molecule has 1 rings (SSSR count). The fraction of sp³-hybridized carbons (Fsp3) is 0.364. The second kappa shape index (κ2) is 5.66. The molecule has 2 unspecified atom stereocenters. The maximum Gasteiger partial charge on any atom is 0.303 e. The largest absolute Gasteiger partial charge is 0.481 e. The quantitative estimate of drug-likeness (QED) is 0.834. The van der Waals surface area contributed by atoms with Gasteiger partial charge in [-0.05, 0) is 18.1 Å². The van der Waals surface area contributed by atoms with Crippen molar-refractivity contribution >= 4 is 16.8 Å². The second-order valence-corrected chi connectivity index (χ2v) is 5.02. The molecular weight excluding hydrogens is 212 g/mol. The minimum absolute atomic E-state index is 0.0662. The van der Waals surface area contributed by atoms with Gasteiger partial charge < -0.3 is 5.11 Å². The van der Waals surface area contributed by atoms with Crippen LogP contribution in [0.15, 0.2) is 35.2 Å². The van der Waals surface area contributed by atoms with E-state index in [2.05, 4.69) is 0 Å². The van der Waals surface area contributed by atoms with Gasteiger partial charge in [0.25, 0.3) is 0 Å². The molecule has 0 spiro atoms. The molecule has 0 bridgehead atoms. The van der Waals surface area contributed by atoms with Gasteiger partial charge >= 0.3 is 5.97 Å². The van der Waals surface area contributed by atoms with Gasteiger partial charge in [0.2, 0.25) is 0 Å². The maximum absolute atomic E-state index is 11.8. The SMILES string of the molecule is CC(CC(=O)O)CS(=O)c1ccccc1. The molecule has 0 aliphatic carbocycles. The molecule has 82 valence electrons. The molecule has 0 fully saturated rings. The molecular formula is C11H14O3S. The molecule has 4 heteroatoms. The van der Waals surface area contributed by atoms with Crippen molar-refractivity contribution in [3.05, 3.63) is 30.3 Å². The number of rotatable bonds is 5. The van der Waals surface area contributed by atoms with Crippen molar-refractivity contribution in [2.24, 2.45) is 5.92 Å². The Labute approximate surface area is 91.6 Å². The average Bonchev–Trinajstić information content (AvgIpc) is 2.17. The van der Waals surface area contributed by atoms with Crippen LogP contribution in [0, 0.1) is 5.92 Å². The van der Waals surface area contributed by atoms with Crippen molar-refractivity contribution in [2.75, 3.05) is 5.75 Å². The molecule has 0 amide bonds. The smallest absolute Gasteiger partial charge is 0.303 e. The highest BCUT2D eigenvalue weighted by atomic mass is 32.2. The first-order valence-electron chi connectivity index (χ1n) is 4.75. The van der Waals surface area contributed by atoms with Crippen LogP contribution in [0.1, 0.15) is 13.3 Å². The van der Waals surface area contributed by atoms with E-state index in [0.717, 1.165) is 4.90 Å². The standard InChI is InChI=1S/C11H14O3S/c1-9(7-11(12)13)8-15(14)10-5-3-2-4-6-10/h2-6,9H,7-8H2,1H3,(H,12,13). The molecule has 15 heavy (non-hydrogen) atoms. The third kappa shape index (κ3) is 4.25. The lowest BCUT2D eigenvalue weighted by atomic mass is 10.1. The first-order chi connectivity index (χ1) is 7.09. The highest BCUT2D eigenvalue weighted by Crippen LogP contribution is 2.11. The molecule has 1 aromatic carbocycles. The first kappa shape index (κ1) is 11.9. The molecule has 0 aromatic heterocycles. The summed E-state index contributed by atoms with van der Waals surface area (Å²) in [6.07, 6.45) is 0.0680. The van der Waals surface area contributed by atoms with Gasteiger partial charge in [0.05, 0.1) is 10.8 Å². The fourth-order valence-electron chi connectivity index (χ4n) is 1.28. The van der Waals surface area contributed by atoms with Gasteiger partial charge in [-0.15, -0.1) is 0 Å². The molecule has 0 saturated heterocycles. The first-order valence-corrected chi connectivity index (χ1v) is 6.06. The van der Waals surface area contributed by atoms with E-state index in [1.807, 2.05) is 18.2 Å². The summed E-state index contributed by atoms with van der Waals surface area (Å²) < 4.78 is 11.8. The van der Waals surface area contributed by atoms with Crippen molar-refractivity contribution in [3.8, 4) is 0 Å². The van der Waals surface area contributed by atoms with Crippen molar-refractivity contribution in [1.82, 2.24) is 0 Å². The Balaban J connectivity index is 2.53. The van der Waals surface area contributed by atoms with Crippen LogP contribution in [0.2, 0.25) is 0 Å². The summed E-state index contributed by atoms with van der Waals surface area (Å²) in [6.45, 7) is 1.80. The number of carboxylic acid groups (broad SMARTS) is 1. The Kier molecular flexibility index (Phi) is 4.49. The molecule has 0 radical (unpaired) electrons. The van der Waals surface area contributed by atoms with E-state index in [1.165, 1.54) is 0 Å². The Hall–Kier alpha value is -1.16. The van der Waals surface area contributed by atoms with Crippen LogP contribution in [0.3, 0.4) is 0 Å². The Morgan fingerprint density at radius 1 is 1.40 bits per heavy atom. The van der Waals surface area contributed by atoms with Gasteiger partial charge in [0, 0.05) is 17.1 Å². The number of aliphatic carboxylic acids is 1. The molecule has 0 heterocycles. The highest BCUT2D eigenvalue weighted by molar-refractivity contribution is 7.85. The maximum atomic E-state index is 11.8. The minimum Gasteiger partial charge on any atom is -0.481 e. The Morgan fingerprint density at radius 2 is 2.00 bits per heavy atom. The molecule has 0 aliphatic rings. The third-order valence-corrected chi connectivity index (χ3v) is 3.63. The van der Waals surface area contributed by atoms with E-state index in [-0.39, 0.29) is 12.3 Å². The summed E-state index contributed by atoms with van der Waals surface area (Å²) in [4.78, 5) is 11.2. The molecule has 3 nitrogen and oxygen atoms in total. The Morgan fingerprint density at radius 3 is 2.53 bits per heavy atom. The van der Waals surface area contributed by atoms with E-state index in [1.54, 1.807) is 19.1 Å². The normalized spacial score (nSPS) is 14.5.